The molecule has 0 spiro atoms. The van der Waals surface area contributed by atoms with Gasteiger partial charge in [0.15, 0.2) is 5.82 Å². The smallest absolute Gasteiger partial charge is 0.243 e. The fraction of sp³-hybridized carbons (Fsp3) is 0.200. The molecule has 1 fully saturated rings. The molecule has 1 saturated heterocycles. The van der Waals surface area contributed by atoms with Crippen LogP contribution in [0.4, 0.5) is 5.82 Å². The third kappa shape index (κ3) is 4.27. The Bertz CT molecular complexity index is 1370. The van der Waals surface area contributed by atoms with E-state index in [9.17, 15) is 8.42 Å². The minimum atomic E-state index is -3.55. The van der Waals surface area contributed by atoms with Crippen LogP contribution in [-0.4, -0.2) is 56.2 Å². The molecule has 4 aromatic rings. The molecule has 0 atom stereocenters. The Labute approximate surface area is 193 Å². The maximum absolute atomic E-state index is 13.2. The highest BCUT2D eigenvalue weighted by molar-refractivity contribution is 7.89. The van der Waals surface area contributed by atoms with Crippen molar-refractivity contribution in [1.29, 1.82) is 0 Å². The van der Waals surface area contributed by atoms with Crippen molar-refractivity contribution in [2.75, 3.05) is 38.2 Å². The molecule has 168 valence electrons. The van der Waals surface area contributed by atoms with Gasteiger partial charge in [0.1, 0.15) is 5.75 Å². The molecule has 7 nitrogen and oxygen atoms in total. The summed E-state index contributed by atoms with van der Waals surface area (Å²) in [4.78, 5) is 2.40. The van der Waals surface area contributed by atoms with Crippen molar-refractivity contribution >= 4 is 26.6 Å². The monoisotopic (exact) mass is 460 g/mol. The fourth-order valence-corrected chi connectivity index (χ4v) is 5.50. The van der Waals surface area contributed by atoms with Gasteiger partial charge in [-0.1, -0.05) is 30.3 Å². The molecular formula is C25H24N4O3S. The third-order valence-electron chi connectivity index (χ3n) is 5.96. The molecule has 2 heterocycles. The molecule has 8 heteroatoms. The lowest BCUT2D eigenvalue weighted by Gasteiger charge is -2.34. The number of rotatable bonds is 5. The Morgan fingerprint density at radius 3 is 2.18 bits per heavy atom. The number of hydrogen-bond acceptors (Lipinski definition) is 6. The number of nitrogens with zero attached hydrogens (tertiary/aromatic N) is 4. The summed E-state index contributed by atoms with van der Waals surface area (Å²) in [6, 6.07) is 24.6. The second-order valence-corrected chi connectivity index (χ2v) is 9.84. The zero-order valence-corrected chi connectivity index (χ0v) is 19.1. The van der Waals surface area contributed by atoms with E-state index < -0.39 is 10.0 Å². The lowest BCUT2D eigenvalue weighted by molar-refractivity contribution is 0.383. The summed E-state index contributed by atoms with van der Waals surface area (Å²) in [5, 5.41) is 10.7. The van der Waals surface area contributed by atoms with Crippen molar-refractivity contribution in [3.05, 3.63) is 78.9 Å². The molecule has 0 bridgehead atoms. The molecule has 0 aliphatic carbocycles. The van der Waals surface area contributed by atoms with Crippen LogP contribution in [0, 0.1) is 0 Å². The first-order valence-electron chi connectivity index (χ1n) is 10.8. The van der Waals surface area contributed by atoms with Crippen LogP contribution in [0.2, 0.25) is 0 Å². The second kappa shape index (κ2) is 8.80. The number of sulfonamides is 1. The molecule has 0 amide bonds. The molecule has 1 aliphatic heterocycles. The molecule has 0 saturated carbocycles. The van der Waals surface area contributed by atoms with Crippen molar-refractivity contribution in [2.24, 2.45) is 0 Å². The van der Waals surface area contributed by atoms with Crippen LogP contribution in [0.3, 0.4) is 0 Å². The number of benzene rings is 3. The quantitative estimate of drug-likeness (QED) is 0.451. The van der Waals surface area contributed by atoms with Crippen LogP contribution in [0.25, 0.3) is 22.0 Å². The van der Waals surface area contributed by atoms with Gasteiger partial charge < -0.3 is 9.64 Å². The molecule has 1 aromatic heterocycles. The maximum atomic E-state index is 13.2. The van der Waals surface area contributed by atoms with E-state index in [0.29, 0.717) is 31.1 Å². The highest BCUT2D eigenvalue weighted by Gasteiger charge is 2.29. The Hall–Kier alpha value is -3.49. The van der Waals surface area contributed by atoms with Gasteiger partial charge in [0.25, 0.3) is 0 Å². The highest BCUT2D eigenvalue weighted by atomic mass is 32.2. The third-order valence-corrected chi connectivity index (χ3v) is 7.85. The first-order chi connectivity index (χ1) is 16.0. The van der Waals surface area contributed by atoms with Crippen LogP contribution in [0.5, 0.6) is 5.75 Å². The van der Waals surface area contributed by atoms with Gasteiger partial charge >= 0.3 is 0 Å². The molecular weight excluding hydrogens is 436 g/mol. The normalized spacial score (nSPS) is 15.0. The maximum Gasteiger partial charge on any atom is 0.243 e. The molecule has 0 N–H and O–H groups in total. The number of aromatic nitrogens is 2. The average molecular weight is 461 g/mol. The van der Waals surface area contributed by atoms with E-state index in [1.807, 2.05) is 66.7 Å². The van der Waals surface area contributed by atoms with Gasteiger partial charge in [-0.15, -0.1) is 10.2 Å². The standard InChI is InChI=1S/C25H24N4O3S/c1-32-22-9-6-20(7-10-22)24-12-13-25(27-26-24)28-14-16-29(17-15-28)33(30,31)23-11-8-19-4-2-3-5-21(19)18-23/h2-13,18H,14-17H2,1H3. The number of anilines is 1. The summed E-state index contributed by atoms with van der Waals surface area (Å²) in [7, 11) is -1.91. The van der Waals surface area contributed by atoms with Crippen LogP contribution >= 0.6 is 0 Å². The lowest BCUT2D eigenvalue weighted by Crippen LogP contribution is -2.49. The van der Waals surface area contributed by atoms with Crippen molar-refractivity contribution in [3.63, 3.8) is 0 Å². The SMILES string of the molecule is COc1ccc(-c2ccc(N3CCN(S(=O)(=O)c4ccc5ccccc5c4)CC3)nn2)cc1. The zero-order valence-electron chi connectivity index (χ0n) is 18.3. The van der Waals surface area contributed by atoms with Gasteiger partial charge in [-0.3, -0.25) is 0 Å². The van der Waals surface area contributed by atoms with Gasteiger partial charge in [-0.25, -0.2) is 8.42 Å². The molecule has 1 aliphatic rings. The average Bonchev–Trinajstić information content (AvgIpc) is 2.88. The van der Waals surface area contributed by atoms with Gasteiger partial charge in [0.2, 0.25) is 10.0 Å². The van der Waals surface area contributed by atoms with Crippen molar-refractivity contribution in [3.8, 4) is 17.0 Å². The first-order valence-corrected chi connectivity index (χ1v) is 12.2. The number of hydrogen-bond donors (Lipinski definition) is 0. The molecule has 5 rings (SSSR count). The predicted molar refractivity (Wildman–Crippen MR) is 129 cm³/mol. The summed E-state index contributed by atoms with van der Waals surface area (Å²) in [5.41, 5.74) is 1.74. The van der Waals surface area contributed by atoms with Crippen molar-refractivity contribution in [1.82, 2.24) is 14.5 Å². The molecule has 0 unspecified atom stereocenters. The van der Waals surface area contributed by atoms with E-state index in [4.69, 9.17) is 4.74 Å². The highest BCUT2D eigenvalue weighted by Crippen LogP contribution is 2.25. The summed E-state index contributed by atoms with van der Waals surface area (Å²) < 4.78 is 33.1. The Balaban J connectivity index is 1.27. The molecule has 0 radical (unpaired) electrons. The second-order valence-electron chi connectivity index (χ2n) is 7.91. The number of ether oxygens (including phenoxy) is 1. The van der Waals surface area contributed by atoms with Crippen LogP contribution < -0.4 is 9.64 Å². The van der Waals surface area contributed by atoms with E-state index in [1.54, 1.807) is 23.5 Å². The topological polar surface area (TPSA) is 75.6 Å². The van der Waals surface area contributed by atoms with Crippen molar-refractivity contribution < 1.29 is 13.2 Å². The fourth-order valence-electron chi connectivity index (χ4n) is 4.04. The van der Waals surface area contributed by atoms with Gasteiger partial charge in [-0.05, 0) is 59.3 Å². The van der Waals surface area contributed by atoms with Gasteiger partial charge in [0, 0.05) is 31.7 Å². The number of piperazine rings is 1. The Morgan fingerprint density at radius 2 is 1.52 bits per heavy atom. The van der Waals surface area contributed by atoms with E-state index in [1.165, 1.54) is 0 Å². The summed E-state index contributed by atoms with van der Waals surface area (Å²) in [6.45, 7) is 1.92. The summed E-state index contributed by atoms with van der Waals surface area (Å²) >= 11 is 0. The number of methoxy groups -OCH3 is 1. The zero-order chi connectivity index (χ0) is 22.8. The summed E-state index contributed by atoms with van der Waals surface area (Å²) in [6.07, 6.45) is 0. The van der Waals surface area contributed by atoms with E-state index in [2.05, 4.69) is 15.1 Å². The molecule has 33 heavy (non-hydrogen) atoms. The first kappa shape index (κ1) is 21.4. The Morgan fingerprint density at radius 1 is 0.788 bits per heavy atom. The number of fused-ring (bicyclic) bond motifs is 1. The minimum Gasteiger partial charge on any atom is -0.497 e. The predicted octanol–water partition coefficient (Wildman–Crippen LogP) is 3.82. The van der Waals surface area contributed by atoms with E-state index in [0.717, 1.165) is 33.6 Å². The lowest BCUT2D eigenvalue weighted by atomic mass is 10.1. The van der Waals surface area contributed by atoms with E-state index in [-0.39, 0.29) is 0 Å². The van der Waals surface area contributed by atoms with Gasteiger partial charge in [-0.2, -0.15) is 4.31 Å². The van der Waals surface area contributed by atoms with Gasteiger partial charge in [0.05, 0.1) is 17.7 Å². The Kier molecular flexibility index (Phi) is 5.70. The summed E-state index contributed by atoms with van der Waals surface area (Å²) in [5.74, 6) is 1.54. The largest absolute Gasteiger partial charge is 0.497 e. The molecule has 3 aromatic carbocycles. The van der Waals surface area contributed by atoms with E-state index >= 15 is 0 Å². The van der Waals surface area contributed by atoms with Crippen molar-refractivity contribution in [2.45, 2.75) is 4.90 Å². The van der Waals surface area contributed by atoms with Crippen LogP contribution in [0.15, 0.2) is 83.8 Å². The van der Waals surface area contributed by atoms with Crippen LogP contribution in [0.1, 0.15) is 0 Å². The van der Waals surface area contributed by atoms with Crippen LogP contribution in [-0.2, 0) is 10.0 Å². The minimum absolute atomic E-state index is 0.332.